The lowest BCUT2D eigenvalue weighted by Crippen LogP contribution is -2.11. The third kappa shape index (κ3) is 3.19. The van der Waals surface area contributed by atoms with Gasteiger partial charge in [-0.1, -0.05) is 0 Å². The summed E-state index contributed by atoms with van der Waals surface area (Å²) in [5, 5.41) is 8.74. The highest BCUT2D eigenvalue weighted by Crippen LogP contribution is 2.52. The van der Waals surface area contributed by atoms with Crippen LogP contribution in [0.4, 0.5) is 8.78 Å². The number of carboxylic acid groups (broad SMARTS) is 1. The van der Waals surface area contributed by atoms with Gasteiger partial charge in [-0.2, -0.15) is 0 Å². The largest absolute Gasteiger partial charge is 0.481 e. The molecule has 2 nitrogen and oxygen atoms in total. The Morgan fingerprint density at radius 1 is 1.41 bits per heavy atom. The van der Waals surface area contributed by atoms with Crippen LogP contribution in [0.1, 0.15) is 19.3 Å². The maximum Gasteiger partial charge on any atom is 0.303 e. The number of hydrogen-bond donors (Lipinski definition) is 1. The summed E-state index contributed by atoms with van der Waals surface area (Å²) in [6.07, 6.45) is 1.87. The number of halogens is 2. The van der Waals surface area contributed by atoms with Gasteiger partial charge >= 0.3 is 5.97 Å². The third-order valence-electron chi connectivity index (χ3n) is 2.91. The van der Waals surface area contributed by atoms with Gasteiger partial charge in [-0.25, -0.2) is 8.78 Å². The Hall–Kier alpha value is -1.10. The average molecular weight is 258 g/mol. The van der Waals surface area contributed by atoms with Crippen LogP contribution in [0.2, 0.25) is 0 Å². The van der Waals surface area contributed by atoms with E-state index in [2.05, 4.69) is 0 Å². The van der Waals surface area contributed by atoms with Gasteiger partial charge in [-0.15, -0.1) is 11.8 Å². The molecule has 1 fully saturated rings. The lowest BCUT2D eigenvalue weighted by atomic mass is 10.1. The standard InChI is InChI=1S/C12H12F2O2S/c13-8-1-2-10(9(14)5-8)17-7-12(3-4-12)6-11(15)16/h1-2,5H,3-4,6-7H2,(H,15,16). The summed E-state index contributed by atoms with van der Waals surface area (Å²) in [6.45, 7) is 0. The highest BCUT2D eigenvalue weighted by Gasteiger charge is 2.44. The maximum atomic E-state index is 13.3. The molecule has 1 aliphatic rings. The van der Waals surface area contributed by atoms with E-state index in [1.54, 1.807) is 0 Å². The third-order valence-corrected chi connectivity index (χ3v) is 4.31. The van der Waals surface area contributed by atoms with Gasteiger partial charge in [0, 0.05) is 16.7 Å². The Balaban J connectivity index is 1.96. The zero-order chi connectivity index (χ0) is 12.5. The molecule has 0 amide bonds. The van der Waals surface area contributed by atoms with E-state index in [0.717, 1.165) is 18.9 Å². The van der Waals surface area contributed by atoms with Crippen LogP contribution in [-0.4, -0.2) is 16.8 Å². The van der Waals surface area contributed by atoms with Gasteiger partial charge in [0.25, 0.3) is 0 Å². The van der Waals surface area contributed by atoms with E-state index in [1.165, 1.54) is 23.9 Å². The van der Waals surface area contributed by atoms with E-state index in [-0.39, 0.29) is 11.8 Å². The normalized spacial score (nSPS) is 16.8. The highest BCUT2D eigenvalue weighted by molar-refractivity contribution is 7.99. The topological polar surface area (TPSA) is 37.3 Å². The van der Waals surface area contributed by atoms with E-state index < -0.39 is 17.6 Å². The molecule has 1 aromatic rings. The van der Waals surface area contributed by atoms with Gasteiger partial charge in [0.2, 0.25) is 0 Å². The Bertz CT molecular complexity index is 444. The van der Waals surface area contributed by atoms with Crippen LogP contribution in [0.5, 0.6) is 0 Å². The molecule has 0 saturated heterocycles. The summed E-state index contributed by atoms with van der Waals surface area (Å²) >= 11 is 1.26. The fraction of sp³-hybridized carbons (Fsp3) is 0.417. The molecule has 0 heterocycles. The fourth-order valence-electron chi connectivity index (χ4n) is 1.69. The highest BCUT2D eigenvalue weighted by atomic mass is 32.2. The number of benzene rings is 1. The van der Waals surface area contributed by atoms with Crippen molar-refractivity contribution in [2.24, 2.45) is 5.41 Å². The summed E-state index contributed by atoms with van der Waals surface area (Å²) in [5.41, 5.74) is -0.183. The van der Waals surface area contributed by atoms with Crippen molar-refractivity contribution in [3.05, 3.63) is 29.8 Å². The van der Waals surface area contributed by atoms with Crippen LogP contribution in [0, 0.1) is 17.0 Å². The van der Waals surface area contributed by atoms with Gasteiger partial charge in [0.15, 0.2) is 0 Å². The van der Waals surface area contributed by atoms with E-state index in [4.69, 9.17) is 5.11 Å². The van der Waals surface area contributed by atoms with Crippen LogP contribution >= 0.6 is 11.8 Å². The second kappa shape index (κ2) is 4.64. The van der Waals surface area contributed by atoms with E-state index >= 15 is 0 Å². The zero-order valence-electron chi connectivity index (χ0n) is 9.08. The molecule has 0 unspecified atom stereocenters. The average Bonchev–Trinajstić information content (AvgIpc) is 2.96. The molecule has 92 valence electrons. The van der Waals surface area contributed by atoms with Crippen molar-refractivity contribution in [1.29, 1.82) is 0 Å². The lowest BCUT2D eigenvalue weighted by Gasteiger charge is -2.11. The van der Waals surface area contributed by atoms with Crippen molar-refractivity contribution < 1.29 is 18.7 Å². The van der Waals surface area contributed by atoms with Crippen molar-refractivity contribution in [2.75, 3.05) is 5.75 Å². The molecular weight excluding hydrogens is 246 g/mol. The van der Waals surface area contributed by atoms with Gasteiger partial charge in [0.1, 0.15) is 11.6 Å². The molecule has 0 bridgehead atoms. The number of thioether (sulfide) groups is 1. The molecule has 1 aliphatic carbocycles. The first-order valence-corrected chi connectivity index (χ1v) is 6.29. The Morgan fingerprint density at radius 3 is 2.65 bits per heavy atom. The fourth-order valence-corrected chi connectivity index (χ4v) is 2.91. The second-order valence-electron chi connectivity index (χ2n) is 4.43. The molecule has 5 heteroatoms. The summed E-state index contributed by atoms with van der Waals surface area (Å²) < 4.78 is 26.0. The van der Waals surface area contributed by atoms with Crippen LogP contribution in [0.3, 0.4) is 0 Å². The number of carbonyl (C=O) groups is 1. The molecule has 1 N–H and O–H groups in total. The summed E-state index contributed by atoms with van der Waals surface area (Å²) in [4.78, 5) is 11.0. The predicted molar refractivity (Wildman–Crippen MR) is 61.0 cm³/mol. The number of carboxylic acids is 1. The summed E-state index contributed by atoms with van der Waals surface area (Å²) in [7, 11) is 0. The number of aliphatic carboxylic acids is 1. The maximum absolute atomic E-state index is 13.3. The molecule has 0 spiro atoms. The first kappa shape index (κ1) is 12.4. The van der Waals surface area contributed by atoms with Crippen LogP contribution < -0.4 is 0 Å². The van der Waals surface area contributed by atoms with E-state index in [1.807, 2.05) is 0 Å². The van der Waals surface area contributed by atoms with Gasteiger partial charge in [-0.05, 0) is 30.4 Å². The summed E-state index contributed by atoms with van der Waals surface area (Å²) in [5.74, 6) is -1.43. The van der Waals surface area contributed by atoms with Crippen LogP contribution in [0.15, 0.2) is 23.1 Å². The zero-order valence-corrected chi connectivity index (χ0v) is 9.90. The molecule has 0 atom stereocenters. The first-order chi connectivity index (χ1) is 8.01. The summed E-state index contributed by atoms with van der Waals surface area (Å²) in [6, 6.07) is 3.45. The Labute approximate surface area is 102 Å². The smallest absolute Gasteiger partial charge is 0.303 e. The SMILES string of the molecule is O=C(O)CC1(CSc2ccc(F)cc2F)CC1. The Kier molecular flexibility index (Phi) is 3.38. The minimum atomic E-state index is -0.817. The quantitative estimate of drug-likeness (QED) is 0.823. The Morgan fingerprint density at radius 2 is 2.12 bits per heavy atom. The minimum absolute atomic E-state index is 0.128. The minimum Gasteiger partial charge on any atom is -0.481 e. The van der Waals surface area contributed by atoms with Gasteiger partial charge in [-0.3, -0.25) is 4.79 Å². The van der Waals surface area contributed by atoms with Crippen LogP contribution in [0.25, 0.3) is 0 Å². The lowest BCUT2D eigenvalue weighted by molar-refractivity contribution is -0.138. The predicted octanol–water partition coefficient (Wildman–Crippen LogP) is 3.31. The van der Waals surface area contributed by atoms with Gasteiger partial charge < -0.3 is 5.11 Å². The molecule has 0 aliphatic heterocycles. The van der Waals surface area contributed by atoms with Crippen LogP contribution in [-0.2, 0) is 4.79 Å². The van der Waals surface area contributed by atoms with Crippen molar-refractivity contribution in [3.8, 4) is 0 Å². The monoisotopic (exact) mass is 258 g/mol. The molecule has 1 saturated carbocycles. The van der Waals surface area contributed by atoms with E-state index in [0.29, 0.717) is 10.6 Å². The van der Waals surface area contributed by atoms with Crippen molar-refractivity contribution in [2.45, 2.75) is 24.2 Å². The van der Waals surface area contributed by atoms with Crippen molar-refractivity contribution in [3.63, 3.8) is 0 Å². The van der Waals surface area contributed by atoms with Gasteiger partial charge in [0.05, 0.1) is 6.42 Å². The molecular formula is C12H12F2O2S. The molecule has 0 radical (unpaired) electrons. The van der Waals surface area contributed by atoms with Crippen molar-refractivity contribution in [1.82, 2.24) is 0 Å². The molecule has 0 aromatic heterocycles. The van der Waals surface area contributed by atoms with Crippen molar-refractivity contribution >= 4 is 17.7 Å². The number of hydrogen-bond acceptors (Lipinski definition) is 2. The van der Waals surface area contributed by atoms with E-state index in [9.17, 15) is 13.6 Å². The first-order valence-electron chi connectivity index (χ1n) is 5.30. The molecule has 1 aromatic carbocycles. The molecule has 17 heavy (non-hydrogen) atoms. The molecule has 2 rings (SSSR count). The second-order valence-corrected chi connectivity index (χ2v) is 5.45. The number of rotatable bonds is 5.